The van der Waals surface area contributed by atoms with Crippen molar-refractivity contribution < 1.29 is 0 Å². The van der Waals surface area contributed by atoms with Gasteiger partial charge in [-0.2, -0.15) is 5.10 Å². The smallest absolute Gasteiger partial charge is 0.268 e. The minimum atomic E-state index is -0.0927. The number of hydrogen-bond acceptors (Lipinski definition) is 7. The van der Waals surface area contributed by atoms with Crippen LogP contribution in [-0.2, 0) is 7.05 Å². The molecule has 3 aromatic heterocycles. The van der Waals surface area contributed by atoms with Crippen LogP contribution in [-0.4, -0.2) is 50.9 Å². The quantitative estimate of drug-likeness (QED) is 0.683. The van der Waals surface area contributed by atoms with Crippen LogP contribution in [0.1, 0.15) is 5.82 Å². The van der Waals surface area contributed by atoms with Crippen molar-refractivity contribution in [3.8, 4) is 0 Å². The summed E-state index contributed by atoms with van der Waals surface area (Å²) >= 11 is 0. The van der Waals surface area contributed by atoms with E-state index in [-0.39, 0.29) is 5.56 Å². The zero-order valence-electron chi connectivity index (χ0n) is 14.3. The lowest BCUT2D eigenvalue weighted by Gasteiger charge is -2.36. The van der Waals surface area contributed by atoms with Gasteiger partial charge >= 0.3 is 0 Å². The molecule has 8 heteroatoms. The van der Waals surface area contributed by atoms with Gasteiger partial charge in [0.2, 0.25) is 0 Å². The van der Waals surface area contributed by atoms with Gasteiger partial charge in [0.05, 0.1) is 23.6 Å². The SMILES string of the molecule is Cc1nc(N2CCN(c3cnn(C)c(=O)c3)CC2)c2ccncc2n1. The Bertz CT molecular complexity index is 976. The Hall–Kier alpha value is -3.03. The van der Waals surface area contributed by atoms with E-state index in [1.807, 2.05) is 13.0 Å². The number of aromatic nitrogens is 5. The van der Waals surface area contributed by atoms with E-state index in [0.29, 0.717) is 0 Å². The van der Waals surface area contributed by atoms with Crippen molar-refractivity contribution in [2.75, 3.05) is 36.0 Å². The summed E-state index contributed by atoms with van der Waals surface area (Å²) in [5.74, 6) is 1.69. The van der Waals surface area contributed by atoms with E-state index >= 15 is 0 Å². The molecule has 0 unspecified atom stereocenters. The molecule has 0 radical (unpaired) electrons. The molecule has 0 amide bonds. The van der Waals surface area contributed by atoms with Crippen LogP contribution >= 0.6 is 0 Å². The molecule has 0 atom stereocenters. The normalized spacial score (nSPS) is 15.0. The van der Waals surface area contributed by atoms with Crippen LogP contribution in [0, 0.1) is 6.92 Å². The summed E-state index contributed by atoms with van der Waals surface area (Å²) < 4.78 is 1.34. The van der Waals surface area contributed by atoms with Crippen LogP contribution in [0.4, 0.5) is 11.5 Å². The number of aryl methyl sites for hydroxylation is 2. The standard InChI is InChI=1S/C17H19N7O/c1-12-20-15-11-18-4-3-14(15)17(21-12)24-7-5-23(6-8-24)13-9-16(25)22(2)19-10-13/h3-4,9-11H,5-8H2,1-2H3. The summed E-state index contributed by atoms with van der Waals surface area (Å²) in [4.78, 5) is 29.5. The van der Waals surface area contributed by atoms with E-state index in [9.17, 15) is 4.79 Å². The average Bonchev–Trinajstić information content (AvgIpc) is 2.63. The highest BCUT2D eigenvalue weighted by molar-refractivity contribution is 5.88. The lowest BCUT2D eigenvalue weighted by atomic mass is 10.2. The maximum Gasteiger partial charge on any atom is 0.268 e. The fraction of sp³-hybridized carbons (Fsp3) is 0.353. The number of piperazine rings is 1. The fourth-order valence-corrected chi connectivity index (χ4v) is 3.13. The van der Waals surface area contributed by atoms with Gasteiger partial charge in [-0.1, -0.05) is 0 Å². The molecule has 1 saturated heterocycles. The third kappa shape index (κ3) is 2.90. The van der Waals surface area contributed by atoms with E-state index in [0.717, 1.165) is 54.4 Å². The fourth-order valence-electron chi connectivity index (χ4n) is 3.13. The first-order valence-corrected chi connectivity index (χ1v) is 8.23. The molecule has 0 aliphatic carbocycles. The Morgan fingerprint density at radius 2 is 1.80 bits per heavy atom. The van der Waals surface area contributed by atoms with Gasteiger partial charge in [0.15, 0.2) is 0 Å². The van der Waals surface area contributed by atoms with Gasteiger partial charge in [-0.3, -0.25) is 9.78 Å². The zero-order valence-corrected chi connectivity index (χ0v) is 14.3. The predicted molar refractivity (Wildman–Crippen MR) is 96.0 cm³/mol. The van der Waals surface area contributed by atoms with Crippen molar-refractivity contribution in [1.29, 1.82) is 0 Å². The van der Waals surface area contributed by atoms with Gasteiger partial charge < -0.3 is 9.80 Å². The van der Waals surface area contributed by atoms with E-state index < -0.39 is 0 Å². The van der Waals surface area contributed by atoms with E-state index in [4.69, 9.17) is 0 Å². The first-order valence-electron chi connectivity index (χ1n) is 8.23. The van der Waals surface area contributed by atoms with Crippen molar-refractivity contribution >= 4 is 22.4 Å². The molecule has 1 aliphatic heterocycles. The lowest BCUT2D eigenvalue weighted by Crippen LogP contribution is -2.47. The summed E-state index contributed by atoms with van der Waals surface area (Å²) in [6.07, 6.45) is 5.29. The summed E-state index contributed by atoms with van der Waals surface area (Å²) in [6.45, 7) is 5.17. The number of fused-ring (bicyclic) bond motifs is 1. The third-order valence-electron chi connectivity index (χ3n) is 4.49. The molecule has 0 aromatic carbocycles. The molecule has 1 fully saturated rings. The molecule has 0 bridgehead atoms. The van der Waals surface area contributed by atoms with Gasteiger partial charge in [-0.25, -0.2) is 14.6 Å². The lowest BCUT2D eigenvalue weighted by molar-refractivity contribution is 0.638. The highest BCUT2D eigenvalue weighted by atomic mass is 16.1. The Kier molecular flexibility index (Phi) is 3.79. The third-order valence-corrected chi connectivity index (χ3v) is 4.49. The van der Waals surface area contributed by atoms with Gasteiger partial charge in [0.1, 0.15) is 11.6 Å². The summed E-state index contributed by atoms with van der Waals surface area (Å²) in [6, 6.07) is 3.60. The Balaban J connectivity index is 1.58. The van der Waals surface area contributed by atoms with Gasteiger partial charge in [0.25, 0.3) is 5.56 Å². The molecule has 0 saturated carbocycles. The van der Waals surface area contributed by atoms with Crippen LogP contribution in [0.2, 0.25) is 0 Å². The molecule has 4 heterocycles. The Labute approximate surface area is 144 Å². The van der Waals surface area contributed by atoms with Crippen molar-refractivity contribution in [1.82, 2.24) is 24.7 Å². The average molecular weight is 337 g/mol. The van der Waals surface area contributed by atoms with Crippen LogP contribution in [0.25, 0.3) is 10.9 Å². The second kappa shape index (κ2) is 6.12. The van der Waals surface area contributed by atoms with Crippen molar-refractivity contribution in [2.45, 2.75) is 6.92 Å². The molecule has 128 valence electrons. The van der Waals surface area contributed by atoms with Crippen molar-refractivity contribution in [3.63, 3.8) is 0 Å². The highest BCUT2D eigenvalue weighted by Gasteiger charge is 2.21. The predicted octanol–water partition coefficient (Wildman–Crippen LogP) is 0.754. The highest BCUT2D eigenvalue weighted by Crippen LogP contribution is 2.25. The van der Waals surface area contributed by atoms with E-state index in [1.54, 1.807) is 31.7 Å². The van der Waals surface area contributed by atoms with Crippen LogP contribution in [0.3, 0.4) is 0 Å². The topological polar surface area (TPSA) is 80.0 Å². The molecular weight excluding hydrogens is 318 g/mol. The van der Waals surface area contributed by atoms with Crippen LogP contribution in [0.15, 0.2) is 35.5 Å². The molecule has 25 heavy (non-hydrogen) atoms. The van der Waals surface area contributed by atoms with Crippen LogP contribution in [0.5, 0.6) is 0 Å². The number of pyridine rings is 1. The number of hydrogen-bond donors (Lipinski definition) is 0. The number of rotatable bonds is 2. The molecule has 0 N–H and O–H groups in total. The summed E-state index contributed by atoms with van der Waals surface area (Å²) in [7, 11) is 1.65. The van der Waals surface area contributed by atoms with Crippen molar-refractivity contribution in [2.24, 2.45) is 7.05 Å². The van der Waals surface area contributed by atoms with Crippen LogP contribution < -0.4 is 15.4 Å². The molecule has 8 nitrogen and oxygen atoms in total. The number of nitrogens with zero attached hydrogens (tertiary/aromatic N) is 7. The monoisotopic (exact) mass is 337 g/mol. The molecule has 3 aromatic rings. The maximum atomic E-state index is 11.8. The largest absolute Gasteiger partial charge is 0.367 e. The maximum absolute atomic E-state index is 11.8. The van der Waals surface area contributed by atoms with Gasteiger partial charge in [-0.05, 0) is 13.0 Å². The number of anilines is 2. The zero-order chi connectivity index (χ0) is 17.4. The molecule has 1 aliphatic rings. The minimum Gasteiger partial charge on any atom is -0.367 e. The molecule has 0 spiro atoms. The second-order valence-corrected chi connectivity index (χ2v) is 6.14. The Morgan fingerprint density at radius 1 is 1.04 bits per heavy atom. The Morgan fingerprint density at radius 3 is 2.56 bits per heavy atom. The summed E-state index contributed by atoms with van der Waals surface area (Å²) in [5.41, 5.74) is 1.64. The second-order valence-electron chi connectivity index (χ2n) is 6.14. The first-order chi connectivity index (χ1) is 12.1. The van der Waals surface area contributed by atoms with Gasteiger partial charge in [0, 0.05) is 50.9 Å². The minimum absolute atomic E-state index is 0.0927. The van der Waals surface area contributed by atoms with Crippen molar-refractivity contribution in [3.05, 3.63) is 46.9 Å². The van der Waals surface area contributed by atoms with Gasteiger partial charge in [-0.15, -0.1) is 0 Å². The summed E-state index contributed by atoms with van der Waals surface area (Å²) in [5, 5.41) is 5.12. The molecular formula is C17H19N7O. The first kappa shape index (κ1) is 15.5. The van der Waals surface area contributed by atoms with E-state index in [1.165, 1.54) is 4.68 Å². The molecule has 4 rings (SSSR count). The van der Waals surface area contributed by atoms with E-state index in [2.05, 4.69) is 29.9 Å².